The Morgan fingerprint density at radius 3 is 2.41 bits per heavy atom. The molecule has 0 spiro atoms. The summed E-state index contributed by atoms with van der Waals surface area (Å²) in [5.41, 5.74) is 3.00. The molecule has 0 aliphatic carbocycles. The monoisotopic (exact) mass is 368 g/mol. The molecule has 1 aliphatic heterocycles. The van der Waals surface area contributed by atoms with Crippen LogP contribution in [0.15, 0.2) is 48.5 Å². The lowest BCUT2D eigenvalue weighted by Crippen LogP contribution is -3.13. The molecule has 1 amide bonds. The van der Waals surface area contributed by atoms with E-state index in [9.17, 15) is 14.9 Å². The largest absolute Gasteiger partial charge is 0.328 e. The quantitative estimate of drug-likeness (QED) is 0.650. The van der Waals surface area contributed by atoms with Gasteiger partial charge in [-0.15, -0.1) is 0 Å². The number of quaternary nitrogens is 1. The molecule has 6 heteroatoms. The van der Waals surface area contributed by atoms with E-state index in [1.165, 1.54) is 28.2 Å². The molecule has 6 nitrogen and oxygen atoms in total. The van der Waals surface area contributed by atoms with Crippen LogP contribution in [0.4, 0.5) is 5.69 Å². The third-order valence-electron chi connectivity index (χ3n) is 5.16. The van der Waals surface area contributed by atoms with Crippen LogP contribution in [0.3, 0.4) is 0 Å². The number of rotatable bonds is 5. The highest BCUT2D eigenvalue weighted by atomic mass is 16.6. The average molecular weight is 368 g/mol. The SMILES string of the molecule is CC(C)c1ccc(C[NH+]2CCN(C(=O)c3cccc([N+](=O)[O-])c3)CC2)cc1. The Bertz CT molecular complexity index is 810. The van der Waals surface area contributed by atoms with E-state index in [-0.39, 0.29) is 11.6 Å². The lowest BCUT2D eigenvalue weighted by Gasteiger charge is -2.32. The third-order valence-corrected chi connectivity index (χ3v) is 5.16. The van der Waals surface area contributed by atoms with E-state index in [1.807, 2.05) is 0 Å². The van der Waals surface area contributed by atoms with E-state index in [0.717, 1.165) is 19.6 Å². The Morgan fingerprint density at radius 1 is 1.15 bits per heavy atom. The first-order valence-corrected chi connectivity index (χ1v) is 9.40. The standard InChI is InChI=1S/C21H25N3O3/c1-16(2)18-8-6-17(7-9-18)15-22-10-12-23(13-11-22)21(25)19-4-3-5-20(14-19)24(26)27/h3-9,14,16H,10-13,15H2,1-2H3/p+1. The molecule has 2 aromatic rings. The van der Waals surface area contributed by atoms with Crippen molar-refractivity contribution in [3.05, 3.63) is 75.3 Å². The van der Waals surface area contributed by atoms with Gasteiger partial charge in [-0.1, -0.05) is 44.2 Å². The van der Waals surface area contributed by atoms with Crippen LogP contribution in [-0.4, -0.2) is 41.9 Å². The van der Waals surface area contributed by atoms with Crippen LogP contribution < -0.4 is 4.90 Å². The van der Waals surface area contributed by atoms with Gasteiger partial charge in [0.05, 0.1) is 31.1 Å². The van der Waals surface area contributed by atoms with Crippen molar-refractivity contribution >= 4 is 11.6 Å². The summed E-state index contributed by atoms with van der Waals surface area (Å²) in [4.78, 5) is 26.3. The number of nitrogens with one attached hydrogen (secondary N) is 1. The van der Waals surface area contributed by atoms with Crippen LogP contribution in [0, 0.1) is 10.1 Å². The topological polar surface area (TPSA) is 67.9 Å². The second-order valence-electron chi connectivity index (χ2n) is 7.42. The zero-order valence-electron chi connectivity index (χ0n) is 15.9. The number of hydrogen-bond acceptors (Lipinski definition) is 3. The normalized spacial score (nSPS) is 15.1. The molecule has 1 heterocycles. The summed E-state index contributed by atoms with van der Waals surface area (Å²) in [5.74, 6) is 0.411. The minimum absolute atomic E-state index is 0.0463. The predicted octanol–water partition coefficient (Wildman–Crippen LogP) is 2.26. The second kappa shape index (κ2) is 8.31. The first kappa shape index (κ1) is 19.0. The van der Waals surface area contributed by atoms with Gasteiger partial charge < -0.3 is 9.80 Å². The molecule has 0 saturated carbocycles. The molecule has 2 aromatic carbocycles. The highest BCUT2D eigenvalue weighted by molar-refractivity contribution is 5.94. The van der Waals surface area contributed by atoms with Crippen LogP contribution in [0.25, 0.3) is 0 Å². The van der Waals surface area contributed by atoms with Gasteiger partial charge in [-0.2, -0.15) is 0 Å². The second-order valence-corrected chi connectivity index (χ2v) is 7.42. The zero-order valence-corrected chi connectivity index (χ0v) is 15.9. The van der Waals surface area contributed by atoms with E-state index in [4.69, 9.17) is 0 Å². The van der Waals surface area contributed by atoms with Crippen molar-refractivity contribution in [3.8, 4) is 0 Å². The Hall–Kier alpha value is -2.73. The maximum absolute atomic E-state index is 12.6. The van der Waals surface area contributed by atoms with Crippen molar-refractivity contribution in [3.63, 3.8) is 0 Å². The molecule has 0 aromatic heterocycles. The summed E-state index contributed by atoms with van der Waals surface area (Å²) < 4.78 is 0. The smallest absolute Gasteiger partial charge is 0.270 e. The number of non-ortho nitro benzene ring substituents is 1. The van der Waals surface area contributed by atoms with Crippen LogP contribution in [0.1, 0.15) is 41.3 Å². The highest BCUT2D eigenvalue weighted by Gasteiger charge is 2.25. The van der Waals surface area contributed by atoms with Gasteiger partial charge >= 0.3 is 0 Å². The number of nitrogens with zero attached hydrogens (tertiary/aromatic N) is 2. The molecular formula is C21H26N3O3+. The van der Waals surface area contributed by atoms with Crippen LogP contribution in [0.2, 0.25) is 0 Å². The Labute approximate surface area is 159 Å². The first-order chi connectivity index (χ1) is 12.9. The molecule has 3 rings (SSSR count). The number of amides is 1. The molecule has 1 saturated heterocycles. The summed E-state index contributed by atoms with van der Waals surface area (Å²) in [6, 6.07) is 14.8. The van der Waals surface area contributed by atoms with E-state index in [0.29, 0.717) is 24.6 Å². The summed E-state index contributed by atoms with van der Waals surface area (Å²) in [6.45, 7) is 8.44. The van der Waals surface area contributed by atoms with Gasteiger partial charge in [0.25, 0.3) is 11.6 Å². The molecule has 1 N–H and O–H groups in total. The van der Waals surface area contributed by atoms with Gasteiger partial charge in [-0.25, -0.2) is 0 Å². The third kappa shape index (κ3) is 4.71. The minimum atomic E-state index is -0.469. The number of nitro benzene ring substituents is 1. The summed E-state index contributed by atoms with van der Waals surface area (Å²) >= 11 is 0. The van der Waals surface area contributed by atoms with Crippen molar-refractivity contribution < 1.29 is 14.6 Å². The fourth-order valence-electron chi connectivity index (χ4n) is 3.45. The van der Waals surface area contributed by atoms with Gasteiger partial charge in [0.1, 0.15) is 6.54 Å². The van der Waals surface area contributed by atoms with Crippen molar-refractivity contribution in [2.24, 2.45) is 0 Å². The maximum atomic E-state index is 12.6. The molecule has 1 fully saturated rings. The molecule has 0 unspecified atom stereocenters. The maximum Gasteiger partial charge on any atom is 0.270 e. The fourth-order valence-corrected chi connectivity index (χ4v) is 3.45. The predicted molar refractivity (Wildman–Crippen MR) is 104 cm³/mol. The molecule has 0 bridgehead atoms. The van der Waals surface area contributed by atoms with Crippen molar-refractivity contribution in [1.29, 1.82) is 0 Å². The first-order valence-electron chi connectivity index (χ1n) is 9.40. The molecule has 142 valence electrons. The highest BCUT2D eigenvalue weighted by Crippen LogP contribution is 2.16. The lowest BCUT2D eigenvalue weighted by atomic mass is 10.0. The number of benzene rings is 2. The van der Waals surface area contributed by atoms with Gasteiger partial charge in [-0.3, -0.25) is 14.9 Å². The molecule has 0 radical (unpaired) electrons. The van der Waals surface area contributed by atoms with Gasteiger partial charge in [0.15, 0.2) is 0 Å². The molecule has 0 atom stereocenters. The van der Waals surface area contributed by atoms with Gasteiger partial charge in [-0.05, 0) is 17.5 Å². The van der Waals surface area contributed by atoms with E-state index in [1.54, 1.807) is 17.0 Å². The van der Waals surface area contributed by atoms with E-state index in [2.05, 4.69) is 38.1 Å². The lowest BCUT2D eigenvalue weighted by molar-refractivity contribution is -0.917. The van der Waals surface area contributed by atoms with Crippen molar-refractivity contribution in [1.82, 2.24) is 4.90 Å². The minimum Gasteiger partial charge on any atom is -0.328 e. The van der Waals surface area contributed by atoms with Gasteiger partial charge in [0.2, 0.25) is 0 Å². The summed E-state index contributed by atoms with van der Waals surface area (Å²) in [7, 11) is 0. The van der Waals surface area contributed by atoms with E-state index >= 15 is 0 Å². The number of carbonyl (C=O) groups excluding carboxylic acids is 1. The fraction of sp³-hybridized carbons (Fsp3) is 0.381. The zero-order chi connectivity index (χ0) is 19.4. The van der Waals surface area contributed by atoms with Crippen LogP contribution >= 0.6 is 0 Å². The van der Waals surface area contributed by atoms with Gasteiger partial charge in [0, 0.05) is 23.3 Å². The van der Waals surface area contributed by atoms with Crippen molar-refractivity contribution in [2.45, 2.75) is 26.3 Å². The molecule has 27 heavy (non-hydrogen) atoms. The summed E-state index contributed by atoms with van der Waals surface area (Å²) in [5, 5.41) is 10.9. The Kier molecular flexibility index (Phi) is 5.86. The number of nitro groups is 1. The van der Waals surface area contributed by atoms with Crippen LogP contribution in [-0.2, 0) is 6.54 Å². The molecule has 1 aliphatic rings. The Balaban J connectivity index is 1.56. The number of hydrogen-bond donors (Lipinski definition) is 1. The average Bonchev–Trinajstić information content (AvgIpc) is 2.68. The number of piperazine rings is 1. The summed E-state index contributed by atoms with van der Waals surface area (Å²) in [6.07, 6.45) is 0. The Morgan fingerprint density at radius 2 is 1.81 bits per heavy atom. The van der Waals surface area contributed by atoms with Crippen LogP contribution in [0.5, 0.6) is 0 Å². The van der Waals surface area contributed by atoms with E-state index < -0.39 is 4.92 Å². The molecular weight excluding hydrogens is 342 g/mol. The van der Waals surface area contributed by atoms with Crippen molar-refractivity contribution in [2.75, 3.05) is 26.2 Å². The number of carbonyl (C=O) groups is 1.